The Labute approximate surface area is 199 Å². The normalized spacial score (nSPS) is 26.3. The van der Waals surface area contributed by atoms with Crippen molar-refractivity contribution in [1.82, 2.24) is 10.6 Å². The summed E-state index contributed by atoms with van der Waals surface area (Å²) in [6.07, 6.45) is -3.61. The van der Waals surface area contributed by atoms with E-state index in [0.29, 0.717) is 19.0 Å². The Hall–Kier alpha value is -2.59. The van der Waals surface area contributed by atoms with E-state index in [0.717, 1.165) is 12.1 Å². The highest BCUT2D eigenvalue weighted by Crippen LogP contribution is 2.36. The molecule has 4 rings (SSSR count). The first-order valence-electron chi connectivity index (χ1n) is 11.6. The van der Waals surface area contributed by atoms with Crippen molar-refractivity contribution < 1.29 is 35.9 Å². The van der Waals surface area contributed by atoms with E-state index in [1.54, 1.807) is 0 Å². The van der Waals surface area contributed by atoms with Gasteiger partial charge in [-0.2, -0.15) is 0 Å². The molecular weight excluding hydrogens is 474 g/mol. The van der Waals surface area contributed by atoms with Crippen molar-refractivity contribution in [3.8, 4) is 11.1 Å². The molecule has 1 amide bonds. The molecule has 1 saturated heterocycles. The van der Waals surface area contributed by atoms with Crippen molar-refractivity contribution in [2.75, 3.05) is 13.1 Å². The molecule has 1 saturated carbocycles. The number of ether oxygens (including phenoxy) is 1. The summed E-state index contributed by atoms with van der Waals surface area (Å²) in [5.74, 6) is -6.81. The molecule has 2 fully saturated rings. The van der Waals surface area contributed by atoms with Crippen LogP contribution in [-0.2, 0) is 16.0 Å². The maximum absolute atomic E-state index is 15.1. The van der Waals surface area contributed by atoms with Crippen LogP contribution < -0.4 is 10.6 Å². The first kappa shape index (κ1) is 25.5. The number of hydrogen-bond acceptors (Lipinski definition) is 3. The molecule has 1 heterocycles. The van der Waals surface area contributed by atoms with Crippen molar-refractivity contribution >= 4 is 5.91 Å². The number of benzene rings is 2. The molecule has 2 N–H and O–H groups in total. The van der Waals surface area contributed by atoms with Crippen LogP contribution in [0.3, 0.4) is 0 Å². The lowest BCUT2D eigenvalue weighted by molar-refractivity contribution is -0.162. The SMILES string of the molecule is O=C(Cc1cccc(-c2cc(F)cc(F)c2)c1F)N[C@@H]1[C@@H](O[C@H]2CCNC[C@@H]2F)CCCC1(F)F. The zero-order valence-corrected chi connectivity index (χ0v) is 18.8. The van der Waals surface area contributed by atoms with Gasteiger partial charge in [0.1, 0.15) is 29.7 Å². The molecule has 0 radical (unpaired) electrons. The smallest absolute Gasteiger partial charge is 0.270 e. The fourth-order valence-corrected chi connectivity index (χ4v) is 4.70. The molecule has 4 atom stereocenters. The summed E-state index contributed by atoms with van der Waals surface area (Å²) in [7, 11) is 0. The monoisotopic (exact) mass is 500 g/mol. The van der Waals surface area contributed by atoms with Crippen molar-refractivity contribution in [3.05, 3.63) is 59.4 Å². The van der Waals surface area contributed by atoms with Gasteiger partial charge in [0.05, 0.1) is 18.6 Å². The van der Waals surface area contributed by atoms with Crippen molar-refractivity contribution in [2.45, 2.75) is 62.4 Å². The van der Waals surface area contributed by atoms with E-state index < -0.39 is 66.5 Å². The standard InChI is InChI=1S/C25H26F6N2O2/c26-16-9-15(10-17(27)12-16)18-4-1-3-14(23(18)29)11-22(34)33-24-21(5-2-7-25(24,30)31)35-20-6-8-32-13-19(20)28/h1,3-4,9-10,12,19-21,24,32H,2,5-8,11,13H2,(H,33,34)/t19-,20-,21-,24+/m0/s1. The first-order chi connectivity index (χ1) is 16.6. The largest absolute Gasteiger partial charge is 0.369 e. The molecule has 2 aromatic carbocycles. The third-order valence-electron chi connectivity index (χ3n) is 6.44. The predicted molar refractivity (Wildman–Crippen MR) is 117 cm³/mol. The summed E-state index contributed by atoms with van der Waals surface area (Å²) in [6.45, 7) is 0.561. The second-order valence-corrected chi connectivity index (χ2v) is 9.03. The van der Waals surface area contributed by atoms with Crippen LogP contribution in [-0.4, -0.2) is 49.3 Å². The van der Waals surface area contributed by atoms with Gasteiger partial charge < -0.3 is 15.4 Å². The summed E-state index contributed by atoms with van der Waals surface area (Å²) in [5, 5.41) is 5.14. The third-order valence-corrected chi connectivity index (χ3v) is 6.44. The van der Waals surface area contributed by atoms with Crippen molar-refractivity contribution in [2.24, 2.45) is 0 Å². The van der Waals surface area contributed by atoms with Crippen LogP contribution in [0, 0.1) is 17.5 Å². The summed E-state index contributed by atoms with van der Waals surface area (Å²) in [4.78, 5) is 12.7. The molecule has 10 heteroatoms. The van der Waals surface area contributed by atoms with Crippen LogP contribution in [0.4, 0.5) is 26.3 Å². The van der Waals surface area contributed by atoms with Crippen LogP contribution in [0.25, 0.3) is 11.1 Å². The summed E-state index contributed by atoms with van der Waals surface area (Å²) in [5.41, 5.74) is -0.307. The molecule has 2 aromatic rings. The molecule has 190 valence electrons. The number of nitrogens with one attached hydrogen (secondary N) is 2. The van der Waals surface area contributed by atoms with Gasteiger partial charge in [0, 0.05) is 24.6 Å². The Balaban J connectivity index is 1.50. The van der Waals surface area contributed by atoms with Crippen molar-refractivity contribution in [1.29, 1.82) is 0 Å². The highest BCUT2D eigenvalue weighted by Gasteiger charge is 2.49. The minimum absolute atomic E-state index is 0.0581. The Bertz CT molecular complexity index is 1050. The van der Waals surface area contributed by atoms with Crippen LogP contribution in [0.5, 0.6) is 0 Å². The van der Waals surface area contributed by atoms with Gasteiger partial charge >= 0.3 is 0 Å². The van der Waals surface area contributed by atoms with Gasteiger partial charge in [0.25, 0.3) is 5.92 Å². The third kappa shape index (κ3) is 5.98. The number of piperidine rings is 1. The van der Waals surface area contributed by atoms with E-state index in [9.17, 15) is 26.7 Å². The lowest BCUT2D eigenvalue weighted by Crippen LogP contribution is -2.59. The lowest BCUT2D eigenvalue weighted by atomic mass is 9.88. The highest BCUT2D eigenvalue weighted by molar-refractivity contribution is 5.80. The average molecular weight is 500 g/mol. The first-order valence-corrected chi connectivity index (χ1v) is 11.6. The Morgan fingerprint density at radius 2 is 1.83 bits per heavy atom. The Morgan fingerprint density at radius 3 is 2.54 bits per heavy atom. The summed E-state index contributed by atoms with van der Waals surface area (Å²) in [6, 6.07) is 4.87. The molecule has 1 aliphatic carbocycles. The van der Waals surface area contributed by atoms with Crippen molar-refractivity contribution in [3.63, 3.8) is 0 Å². The summed E-state index contributed by atoms with van der Waals surface area (Å²) >= 11 is 0. The quantitative estimate of drug-likeness (QED) is 0.566. The van der Waals surface area contributed by atoms with E-state index >= 15 is 4.39 Å². The van der Waals surface area contributed by atoms with Gasteiger partial charge in [-0.1, -0.05) is 18.2 Å². The predicted octanol–water partition coefficient (Wildman–Crippen LogP) is 4.70. The fourth-order valence-electron chi connectivity index (χ4n) is 4.70. The maximum atomic E-state index is 15.1. The van der Waals surface area contributed by atoms with Gasteiger partial charge in [-0.15, -0.1) is 0 Å². The Kier molecular flexibility index (Phi) is 7.70. The molecule has 1 aliphatic heterocycles. The van der Waals surface area contributed by atoms with E-state index in [-0.39, 0.29) is 36.1 Å². The second kappa shape index (κ2) is 10.6. The van der Waals surface area contributed by atoms with Crippen LogP contribution in [0.2, 0.25) is 0 Å². The number of amides is 1. The van der Waals surface area contributed by atoms with E-state index in [1.807, 2.05) is 0 Å². The molecule has 4 nitrogen and oxygen atoms in total. The number of halogens is 6. The molecular formula is C25H26F6N2O2. The zero-order chi connectivity index (χ0) is 25.2. The van der Waals surface area contributed by atoms with Gasteiger partial charge in [-0.3, -0.25) is 4.79 Å². The van der Waals surface area contributed by atoms with Gasteiger partial charge in [-0.05, 0) is 49.1 Å². The number of hydrogen-bond donors (Lipinski definition) is 2. The highest BCUT2D eigenvalue weighted by atomic mass is 19.3. The molecule has 0 spiro atoms. The second-order valence-electron chi connectivity index (χ2n) is 9.03. The van der Waals surface area contributed by atoms with Gasteiger partial charge in [0.2, 0.25) is 5.91 Å². The average Bonchev–Trinajstić information content (AvgIpc) is 2.78. The minimum Gasteiger partial charge on any atom is -0.369 e. The topological polar surface area (TPSA) is 50.4 Å². The van der Waals surface area contributed by atoms with Crippen LogP contribution in [0.15, 0.2) is 36.4 Å². The molecule has 0 unspecified atom stereocenters. The molecule has 0 aromatic heterocycles. The number of carbonyl (C=O) groups is 1. The lowest BCUT2D eigenvalue weighted by Gasteiger charge is -2.41. The summed E-state index contributed by atoms with van der Waals surface area (Å²) < 4.78 is 91.7. The van der Waals surface area contributed by atoms with Gasteiger partial charge in [0.15, 0.2) is 0 Å². The van der Waals surface area contributed by atoms with Gasteiger partial charge in [-0.25, -0.2) is 26.3 Å². The molecule has 2 aliphatic rings. The zero-order valence-electron chi connectivity index (χ0n) is 18.8. The number of rotatable bonds is 6. The maximum Gasteiger partial charge on any atom is 0.270 e. The Morgan fingerprint density at radius 1 is 1.09 bits per heavy atom. The number of carbonyl (C=O) groups excluding carboxylic acids is 1. The fraction of sp³-hybridized carbons (Fsp3) is 0.480. The minimum atomic E-state index is -3.28. The van der Waals surface area contributed by atoms with E-state index in [2.05, 4.69) is 10.6 Å². The van der Waals surface area contributed by atoms with E-state index in [4.69, 9.17) is 4.74 Å². The molecule has 35 heavy (non-hydrogen) atoms. The molecule has 0 bridgehead atoms. The van der Waals surface area contributed by atoms with E-state index in [1.165, 1.54) is 18.2 Å². The number of alkyl halides is 3. The van der Waals surface area contributed by atoms with Crippen LogP contribution >= 0.6 is 0 Å². The van der Waals surface area contributed by atoms with Crippen LogP contribution in [0.1, 0.15) is 31.2 Å².